The Hall–Kier alpha value is -3.55. The largest absolute Gasteiger partial charge is 0.497 e. The van der Waals surface area contributed by atoms with E-state index in [1.165, 1.54) is 11.7 Å². The first-order valence-electron chi connectivity index (χ1n) is 8.80. The van der Waals surface area contributed by atoms with Crippen molar-refractivity contribution >= 4 is 22.9 Å². The van der Waals surface area contributed by atoms with Crippen molar-refractivity contribution in [1.82, 2.24) is 14.5 Å². The highest BCUT2D eigenvalue weighted by molar-refractivity contribution is 5.86. The number of methoxy groups -OCH3 is 1. The molecular weight excluding hydrogens is 362 g/mol. The van der Waals surface area contributed by atoms with Crippen LogP contribution in [0, 0.1) is 0 Å². The van der Waals surface area contributed by atoms with Crippen LogP contribution < -0.4 is 15.7 Å². The van der Waals surface area contributed by atoms with E-state index >= 15 is 0 Å². The van der Waals surface area contributed by atoms with E-state index < -0.39 is 17.9 Å². The Morgan fingerprint density at radius 1 is 1.07 bits per heavy atom. The summed E-state index contributed by atoms with van der Waals surface area (Å²) in [6.07, 6.45) is 0. The number of hydrogen-bond acceptors (Lipinski definition) is 4. The topological polar surface area (TPSA) is 103 Å². The van der Waals surface area contributed by atoms with Crippen LogP contribution in [0.5, 0.6) is 5.75 Å². The quantitative estimate of drug-likeness (QED) is 0.647. The number of imidazole rings is 1. The maximum atomic E-state index is 12.6. The number of fused-ring (bicyclic) bond motifs is 1. The third kappa shape index (κ3) is 3.62. The molecule has 0 aliphatic carbocycles. The fourth-order valence-electron chi connectivity index (χ4n) is 3.17. The van der Waals surface area contributed by atoms with Gasteiger partial charge in [-0.05, 0) is 36.8 Å². The Morgan fingerprint density at radius 2 is 1.68 bits per heavy atom. The molecule has 1 aromatic heterocycles. The van der Waals surface area contributed by atoms with Crippen LogP contribution in [-0.4, -0.2) is 33.2 Å². The summed E-state index contributed by atoms with van der Waals surface area (Å²) in [6.45, 7) is 2.05. The molecule has 0 bridgehead atoms. The standard InChI is InChI=1S/C20H21N3O5/c1-3-22-15-6-4-5-7-16(15)23(20(22)27)12-17(24)21-18(19(25)26)13-8-10-14(28-2)11-9-13/h4-11,18H,3,12H2,1-2H3,(H,21,24)(H,25,26). The third-order valence-corrected chi connectivity index (χ3v) is 4.54. The number of nitrogens with zero attached hydrogens (tertiary/aromatic N) is 2. The fraction of sp³-hybridized carbons (Fsp3) is 0.250. The van der Waals surface area contributed by atoms with Crippen LogP contribution in [0.25, 0.3) is 11.0 Å². The van der Waals surface area contributed by atoms with Gasteiger partial charge in [0.05, 0.1) is 18.1 Å². The molecule has 2 N–H and O–H groups in total. The predicted octanol–water partition coefficient (Wildman–Crippen LogP) is 1.77. The highest BCUT2D eigenvalue weighted by Crippen LogP contribution is 2.18. The van der Waals surface area contributed by atoms with Crippen LogP contribution in [-0.2, 0) is 22.7 Å². The van der Waals surface area contributed by atoms with Gasteiger partial charge in [0.15, 0.2) is 6.04 Å². The summed E-state index contributed by atoms with van der Waals surface area (Å²) in [5.74, 6) is -1.18. The molecule has 0 radical (unpaired) electrons. The van der Waals surface area contributed by atoms with Gasteiger partial charge >= 0.3 is 11.7 Å². The van der Waals surface area contributed by atoms with E-state index in [-0.39, 0.29) is 12.2 Å². The molecule has 146 valence electrons. The smallest absolute Gasteiger partial charge is 0.330 e. The maximum Gasteiger partial charge on any atom is 0.330 e. The van der Waals surface area contributed by atoms with Gasteiger partial charge < -0.3 is 15.2 Å². The number of carboxylic acids is 1. The molecule has 2 aromatic carbocycles. The summed E-state index contributed by atoms with van der Waals surface area (Å²) in [5.41, 5.74) is 1.45. The molecule has 0 saturated heterocycles. The molecule has 1 amide bonds. The number of carbonyl (C=O) groups excluding carboxylic acids is 1. The number of aryl methyl sites for hydroxylation is 1. The van der Waals surface area contributed by atoms with Gasteiger partial charge in [-0.25, -0.2) is 9.59 Å². The Balaban J connectivity index is 1.86. The number of carboxylic acid groups (broad SMARTS) is 1. The second-order valence-electron chi connectivity index (χ2n) is 6.21. The van der Waals surface area contributed by atoms with Crippen molar-refractivity contribution in [3.63, 3.8) is 0 Å². The molecule has 0 aliphatic rings. The lowest BCUT2D eigenvalue weighted by molar-refractivity contribution is -0.142. The highest BCUT2D eigenvalue weighted by atomic mass is 16.5. The van der Waals surface area contributed by atoms with Gasteiger partial charge in [0.2, 0.25) is 5.91 Å². The normalized spacial score (nSPS) is 11.9. The Kier molecular flexibility index (Phi) is 5.49. The van der Waals surface area contributed by atoms with Crippen LogP contribution in [0.15, 0.2) is 53.3 Å². The van der Waals surface area contributed by atoms with E-state index in [4.69, 9.17) is 4.74 Å². The SMILES string of the molecule is CCn1c(=O)n(CC(=O)NC(C(=O)O)c2ccc(OC)cc2)c2ccccc21. The first-order chi connectivity index (χ1) is 13.5. The number of nitrogens with one attached hydrogen (secondary N) is 1. The van der Waals surface area contributed by atoms with Crippen molar-refractivity contribution in [2.45, 2.75) is 26.1 Å². The van der Waals surface area contributed by atoms with E-state index in [0.717, 1.165) is 5.52 Å². The zero-order valence-corrected chi connectivity index (χ0v) is 15.6. The summed E-state index contributed by atoms with van der Waals surface area (Å²) in [7, 11) is 1.51. The number of rotatable bonds is 7. The molecule has 8 nitrogen and oxygen atoms in total. The molecule has 0 fully saturated rings. The second kappa shape index (κ2) is 7.99. The van der Waals surface area contributed by atoms with E-state index in [1.54, 1.807) is 41.0 Å². The van der Waals surface area contributed by atoms with Crippen molar-refractivity contribution in [1.29, 1.82) is 0 Å². The monoisotopic (exact) mass is 383 g/mol. The molecule has 28 heavy (non-hydrogen) atoms. The van der Waals surface area contributed by atoms with E-state index in [9.17, 15) is 19.5 Å². The molecule has 1 unspecified atom stereocenters. The van der Waals surface area contributed by atoms with Gasteiger partial charge in [-0.1, -0.05) is 24.3 Å². The van der Waals surface area contributed by atoms with Crippen molar-refractivity contribution in [2.24, 2.45) is 0 Å². The highest BCUT2D eigenvalue weighted by Gasteiger charge is 2.23. The first kappa shape index (κ1) is 19.2. The third-order valence-electron chi connectivity index (χ3n) is 4.54. The summed E-state index contributed by atoms with van der Waals surface area (Å²) in [6, 6.07) is 12.3. The number of hydrogen-bond donors (Lipinski definition) is 2. The number of aromatic nitrogens is 2. The summed E-state index contributed by atoms with van der Waals surface area (Å²) in [5, 5.41) is 12.0. The molecular formula is C20H21N3O5. The van der Waals surface area contributed by atoms with Gasteiger partial charge in [-0.2, -0.15) is 0 Å². The molecule has 3 aromatic rings. The zero-order chi connectivity index (χ0) is 20.3. The van der Waals surface area contributed by atoms with Crippen molar-refractivity contribution < 1.29 is 19.4 Å². The number of para-hydroxylation sites is 2. The number of aliphatic carboxylic acids is 1. The molecule has 0 spiro atoms. The Labute approximate surface area is 161 Å². The van der Waals surface area contributed by atoms with Gasteiger partial charge in [-0.3, -0.25) is 13.9 Å². The number of ether oxygens (including phenoxy) is 1. The average molecular weight is 383 g/mol. The van der Waals surface area contributed by atoms with E-state index in [1.807, 2.05) is 19.1 Å². The van der Waals surface area contributed by atoms with Crippen molar-refractivity contribution in [2.75, 3.05) is 7.11 Å². The molecule has 0 aliphatic heterocycles. The number of amides is 1. The van der Waals surface area contributed by atoms with Gasteiger partial charge in [0.25, 0.3) is 0 Å². The maximum absolute atomic E-state index is 12.6. The van der Waals surface area contributed by atoms with Gasteiger partial charge in [0.1, 0.15) is 12.3 Å². The Morgan fingerprint density at radius 3 is 2.21 bits per heavy atom. The van der Waals surface area contributed by atoms with Crippen LogP contribution in [0.4, 0.5) is 0 Å². The van der Waals surface area contributed by atoms with E-state index in [0.29, 0.717) is 23.4 Å². The zero-order valence-electron chi connectivity index (χ0n) is 15.6. The minimum absolute atomic E-state index is 0.272. The lowest BCUT2D eigenvalue weighted by atomic mass is 10.1. The first-order valence-corrected chi connectivity index (χ1v) is 8.80. The number of benzene rings is 2. The Bertz CT molecular complexity index is 1070. The lowest BCUT2D eigenvalue weighted by Gasteiger charge is -2.15. The summed E-state index contributed by atoms with van der Waals surface area (Å²) >= 11 is 0. The lowest BCUT2D eigenvalue weighted by Crippen LogP contribution is -2.38. The van der Waals surface area contributed by atoms with Gasteiger partial charge in [-0.15, -0.1) is 0 Å². The van der Waals surface area contributed by atoms with Crippen LogP contribution in [0.2, 0.25) is 0 Å². The van der Waals surface area contributed by atoms with Crippen molar-refractivity contribution in [3.8, 4) is 5.75 Å². The molecule has 1 atom stereocenters. The second-order valence-corrected chi connectivity index (χ2v) is 6.21. The molecule has 0 saturated carbocycles. The molecule has 8 heteroatoms. The molecule has 3 rings (SSSR count). The average Bonchev–Trinajstić information content (AvgIpc) is 2.97. The minimum Gasteiger partial charge on any atom is -0.497 e. The van der Waals surface area contributed by atoms with Gasteiger partial charge in [0, 0.05) is 6.54 Å². The number of carbonyl (C=O) groups is 2. The minimum atomic E-state index is -1.23. The predicted molar refractivity (Wildman–Crippen MR) is 103 cm³/mol. The molecule has 1 heterocycles. The van der Waals surface area contributed by atoms with Crippen LogP contribution in [0.3, 0.4) is 0 Å². The van der Waals surface area contributed by atoms with Crippen LogP contribution >= 0.6 is 0 Å². The fourth-order valence-corrected chi connectivity index (χ4v) is 3.17. The van der Waals surface area contributed by atoms with E-state index in [2.05, 4.69) is 5.32 Å². The summed E-state index contributed by atoms with van der Waals surface area (Å²) < 4.78 is 7.98. The summed E-state index contributed by atoms with van der Waals surface area (Å²) in [4.78, 5) is 36.8. The van der Waals surface area contributed by atoms with Crippen LogP contribution in [0.1, 0.15) is 18.5 Å². The van der Waals surface area contributed by atoms with Crippen molar-refractivity contribution in [3.05, 3.63) is 64.6 Å².